The monoisotopic (exact) mass is 187 g/mol. The molecule has 0 atom stereocenters. The zero-order valence-electron chi connectivity index (χ0n) is 7.45. The smallest absolute Gasteiger partial charge is 0.125 e. The third-order valence-corrected chi connectivity index (χ3v) is 2.02. The van der Waals surface area contributed by atoms with Crippen LogP contribution in [0.25, 0.3) is 10.9 Å². The van der Waals surface area contributed by atoms with Crippen LogP contribution in [0.3, 0.4) is 0 Å². The van der Waals surface area contributed by atoms with Crippen molar-refractivity contribution in [2.75, 3.05) is 0 Å². The zero-order valence-corrected chi connectivity index (χ0v) is 7.45. The quantitative estimate of drug-likeness (QED) is 0.633. The van der Waals surface area contributed by atoms with Crippen molar-refractivity contribution in [3.05, 3.63) is 35.5 Å². The zero-order chi connectivity index (χ0) is 10.1. The molecular weight excluding hydrogens is 181 g/mol. The summed E-state index contributed by atoms with van der Waals surface area (Å²) in [5.41, 5.74) is 1.41. The molecule has 14 heavy (non-hydrogen) atoms. The van der Waals surface area contributed by atoms with Gasteiger partial charge in [0.25, 0.3) is 0 Å². The van der Waals surface area contributed by atoms with E-state index < -0.39 is 5.82 Å². The Kier molecular flexibility index (Phi) is 1.86. The highest BCUT2D eigenvalue weighted by atomic mass is 19.1. The summed E-state index contributed by atoms with van der Waals surface area (Å²) in [6.07, 6.45) is 1.37. The van der Waals surface area contributed by atoms with Gasteiger partial charge in [-0.25, -0.2) is 14.4 Å². The first-order valence-corrected chi connectivity index (χ1v) is 4.03. The number of nitrogens with zero attached hydrogens (tertiary/aromatic N) is 3. The SMILES string of the molecule is Cc1ncnc2c(C#N)cc(F)cc12. The molecule has 0 aliphatic rings. The minimum atomic E-state index is -0.438. The normalized spacial score (nSPS) is 10.1. The lowest BCUT2D eigenvalue weighted by molar-refractivity contribution is 0.629. The molecule has 1 aromatic carbocycles. The first kappa shape index (κ1) is 8.57. The maximum absolute atomic E-state index is 13.1. The summed E-state index contributed by atoms with van der Waals surface area (Å²) < 4.78 is 13.1. The minimum Gasteiger partial charge on any atom is -0.241 e. The molecule has 0 unspecified atom stereocenters. The van der Waals surface area contributed by atoms with E-state index in [0.29, 0.717) is 16.6 Å². The van der Waals surface area contributed by atoms with Crippen LogP contribution in [0.4, 0.5) is 4.39 Å². The van der Waals surface area contributed by atoms with Crippen LogP contribution in [-0.4, -0.2) is 9.97 Å². The summed E-state index contributed by atoms with van der Waals surface area (Å²) in [4.78, 5) is 7.89. The number of fused-ring (bicyclic) bond motifs is 1. The molecule has 1 heterocycles. The molecule has 0 N–H and O–H groups in total. The Morgan fingerprint density at radius 3 is 2.86 bits per heavy atom. The molecule has 0 fully saturated rings. The molecule has 0 radical (unpaired) electrons. The van der Waals surface area contributed by atoms with Crippen LogP contribution < -0.4 is 0 Å². The Labute approximate surface area is 79.8 Å². The predicted molar refractivity (Wildman–Crippen MR) is 48.9 cm³/mol. The van der Waals surface area contributed by atoms with Crippen molar-refractivity contribution in [2.24, 2.45) is 0 Å². The summed E-state index contributed by atoms with van der Waals surface area (Å²) in [7, 11) is 0. The molecule has 0 aliphatic heterocycles. The van der Waals surface area contributed by atoms with Crippen LogP contribution in [0.5, 0.6) is 0 Å². The van der Waals surface area contributed by atoms with Crippen molar-refractivity contribution in [3.8, 4) is 6.07 Å². The lowest BCUT2D eigenvalue weighted by Crippen LogP contribution is -1.91. The van der Waals surface area contributed by atoms with E-state index in [-0.39, 0.29) is 5.56 Å². The maximum Gasteiger partial charge on any atom is 0.125 e. The number of aryl methyl sites for hydroxylation is 1. The van der Waals surface area contributed by atoms with E-state index in [1.54, 1.807) is 6.92 Å². The van der Waals surface area contributed by atoms with Gasteiger partial charge in [0.05, 0.1) is 11.1 Å². The predicted octanol–water partition coefficient (Wildman–Crippen LogP) is 1.95. The van der Waals surface area contributed by atoms with Gasteiger partial charge in [-0.05, 0) is 19.1 Å². The molecule has 2 aromatic rings. The number of hydrogen-bond donors (Lipinski definition) is 0. The van der Waals surface area contributed by atoms with E-state index in [4.69, 9.17) is 5.26 Å². The highest BCUT2D eigenvalue weighted by molar-refractivity contribution is 5.85. The van der Waals surface area contributed by atoms with Crippen LogP contribution in [0.2, 0.25) is 0 Å². The summed E-state index contributed by atoms with van der Waals surface area (Å²) >= 11 is 0. The van der Waals surface area contributed by atoms with Crippen LogP contribution in [0, 0.1) is 24.1 Å². The van der Waals surface area contributed by atoms with Crippen molar-refractivity contribution in [3.63, 3.8) is 0 Å². The molecule has 4 heteroatoms. The van der Waals surface area contributed by atoms with E-state index in [0.717, 1.165) is 0 Å². The second kappa shape index (κ2) is 3.04. The lowest BCUT2D eigenvalue weighted by atomic mass is 10.1. The van der Waals surface area contributed by atoms with Crippen molar-refractivity contribution in [1.29, 1.82) is 5.26 Å². The second-order valence-electron chi connectivity index (χ2n) is 2.92. The molecule has 0 bridgehead atoms. The van der Waals surface area contributed by atoms with Gasteiger partial charge >= 0.3 is 0 Å². The highest BCUT2D eigenvalue weighted by Crippen LogP contribution is 2.19. The van der Waals surface area contributed by atoms with Gasteiger partial charge in [-0.3, -0.25) is 0 Å². The van der Waals surface area contributed by atoms with Gasteiger partial charge in [-0.2, -0.15) is 5.26 Å². The Morgan fingerprint density at radius 2 is 2.14 bits per heavy atom. The number of benzene rings is 1. The lowest BCUT2D eigenvalue weighted by Gasteiger charge is -2.01. The third-order valence-electron chi connectivity index (χ3n) is 2.02. The second-order valence-corrected chi connectivity index (χ2v) is 2.92. The van der Waals surface area contributed by atoms with E-state index in [2.05, 4.69) is 9.97 Å². The number of rotatable bonds is 0. The molecular formula is C10H6FN3. The molecule has 0 saturated carbocycles. The van der Waals surface area contributed by atoms with E-state index in [1.165, 1.54) is 18.5 Å². The fourth-order valence-electron chi connectivity index (χ4n) is 1.34. The summed E-state index contributed by atoms with van der Waals surface area (Å²) in [6, 6.07) is 4.42. The van der Waals surface area contributed by atoms with Crippen LogP contribution in [-0.2, 0) is 0 Å². The fourth-order valence-corrected chi connectivity index (χ4v) is 1.34. The molecule has 0 saturated heterocycles. The largest absolute Gasteiger partial charge is 0.241 e. The van der Waals surface area contributed by atoms with Crippen LogP contribution >= 0.6 is 0 Å². The topological polar surface area (TPSA) is 49.6 Å². The maximum atomic E-state index is 13.1. The first-order valence-electron chi connectivity index (χ1n) is 4.03. The summed E-state index contributed by atoms with van der Waals surface area (Å²) in [5.74, 6) is -0.438. The van der Waals surface area contributed by atoms with E-state index >= 15 is 0 Å². The van der Waals surface area contributed by atoms with Crippen molar-refractivity contribution in [1.82, 2.24) is 9.97 Å². The van der Waals surface area contributed by atoms with Gasteiger partial charge in [0.1, 0.15) is 18.2 Å². The van der Waals surface area contributed by atoms with Gasteiger partial charge in [-0.1, -0.05) is 0 Å². The van der Waals surface area contributed by atoms with Crippen LogP contribution in [0.1, 0.15) is 11.3 Å². The number of aromatic nitrogens is 2. The highest BCUT2D eigenvalue weighted by Gasteiger charge is 2.06. The Bertz CT molecular complexity index is 543. The summed E-state index contributed by atoms with van der Waals surface area (Å²) in [5, 5.41) is 9.36. The van der Waals surface area contributed by atoms with E-state index in [1.807, 2.05) is 6.07 Å². The average molecular weight is 187 g/mol. The molecule has 1 aromatic heterocycles. The van der Waals surface area contributed by atoms with Crippen LogP contribution in [0.15, 0.2) is 18.5 Å². The van der Waals surface area contributed by atoms with E-state index in [9.17, 15) is 4.39 Å². The number of hydrogen-bond acceptors (Lipinski definition) is 3. The molecule has 2 rings (SSSR count). The number of nitriles is 1. The summed E-state index contributed by atoms with van der Waals surface area (Å²) in [6.45, 7) is 1.75. The third kappa shape index (κ3) is 1.19. The van der Waals surface area contributed by atoms with Gasteiger partial charge in [-0.15, -0.1) is 0 Å². The van der Waals surface area contributed by atoms with Gasteiger partial charge in [0.2, 0.25) is 0 Å². The van der Waals surface area contributed by atoms with Gasteiger partial charge in [0.15, 0.2) is 0 Å². The molecule has 3 nitrogen and oxygen atoms in total. The first-order chi connectivity index (χ1) is 6.72. The van der Waals surface area contributed by atoms with Crippen molar-refractivity contribution >= 4 is 10.9 Å². The Morgan fingerprint density at radius 1 is 1.36 bits per heavy atom. The molecule has 0 aliphatic carbocycles. The van der Waals surface area contributed by atoms with Gasteiger partial charge in [0, 0.05) is 11.1 Å². The number of halogens is 1. The average Bonchev–Trinajstić information content (AvgIpc) is 2.18. The fraction of sp³-hybridized carbons (Fsp3) is 0.100. The minimum absolute atomic E-state index is 0.241. The molecule has 68 valence electrons. The Balaban J connectivity index is 2.96. The standard InChI is InChI=1S/C10H6FN3/c1-6-9-3-8(11)2-7(4-12)10(9)14-5-13-6/h2-3,5H,1H3. The molecule has 0 amide bonds. The Hall–Kier alpha value is -2.02. The van der Waals surface area contributed by atoms with Crippen molar-refractivity contribution in [2.45, 2.75) is 6.92 Å². The van der Waals surface area contributed by atoms with Gasteiger partial charge < -0.3 is 0 Å². The van der Waals surface area contributed by atoms with Crippen molar-refractivity contribution < 1.29 is 4.39 Å². The molecule has 0 spiro atoms.